The summed E-state index contributed by atoms with van der Waals surface area (Å²) in [7, 11) is 2.89. The van der Waals surface area contributed by atoms with Gasteiger partial charge in [0.25, 0.3) is 5.78 Å². The molecule has 6 heteroatoms. The highest BCUT2D eigenvalue weighted by Crippen LogP contribution is 2.53. The minimum atomic E-state index is -0.911. The Morgan fingerprint density at radius 1 is 1.00 bits per heavy atom. The highest BCUT2D eigenvalue weighted by atomic mass is 16.5. The summed E-state index contributed by atoms with van der Waals surface area (Å²) in [4.78, 5) is 25.9. The van der Waals surface area contributed by atoms with Crippen LogP contribution in [0.25, 0.3) is 33.4 Å². The molecule has 33 heavy (non-hydrogen) atoms. The van der Waals surface area contributed by atoms with Crippen LogP contribution >= 0.6 is 0 Å². The Bertz CT molecular complexity index is 1340. The Labute approximate surface area is 191 Å². The first-order chi connectivity index (χ1) is 15.9. The number of esters is 1. The molecule has 0 bridgehead atoms. The maximum absolute atomic E-state index is 13.4. The molecule has 1 aliphatic heterocycles. The second-order valence-electron chi connectivity index (χ2n) is 9.01. The molecule has 0 radical (unpaired) electrons. The predicted molar refractivity (Wildman–Crippen MR) is 125 cm³/mol. The van der Waals surface area contributed by atoms with Crippen molar-refractivity contribution in [3.63, 3.8) is 0 Å². The molecule has 3 heterocycles. The van der Waals surface area contributed by atoms with Crippen LogP contribution in [0.2, 0.25) is 0 Å². The fourth-order valence-corrected chi connectivity index (χ4v) is 5.03. The van der Waals surface area contributed by atoms with E-state index in [4.69, 9.17) is 13.9 Å². The molecular formula is C27H25NO5. The normalized spacial score (nSPS) is 16.7. The van der Waals surface area contributed by atoms with E-state index in [2.05, 4.69) is 13.8 Å². The van der Waals surface area contributed by atoms with Gasteiger partial charge in [-0.25, -0.2) is 4.79 Å². The molecule has 0 amide bonds. The van der Waals surface area contributed by atoms with Crippen molar-refractivity contribution < 1.29 is 23.5 Å². The van der Waals surface area contributed by atoms with Gasteiger partial charge in [0, 0.05) is 30.0 Å². The van der Waals surface area contributed by atoms with E-state index in [9.17, 15) is 9.59 Å². The van der Waals surface area contributed by atoms with Crippen molar-refractivity contribution in [1.82, 2.24) is 4.57 Å². The van der Waals surface area contributed by atoms with E-state index >= 15 is 0 Å². The van der Waals surface area contributed by atoms with Crippen molar-refractivity contribution in [2.24, 2.45) is 5.41 Å². The second kappa shape index (κ2) is 7.74. The highest BCUT2D eigenvalue weighted by molar-refractivity contribution is 6.42. The number of carbonyl (C=O) groups excluding carboxylic acids is 2. The number of aromatic nitrogens is 1. The van der Waals surface area contributed by atoms with Gasteiger partial charge in [0.2, 0.25) is 0 Å². The summed E-state index contributed by atoms with van der Waals surface area (Å²) >= 11 is 0. The van der Waals surface area contributed by atoms with Crippen LogP contribution in [0.15, 0.2) is 65.1 Å². The number of nitrogens with zero attached hydrogens (tertiary/aromatic N) is 1. The average molecular weight is 443 g/mol. The van der Waals surface area contributed by atoms with Gasteiger partial charge in [-0.3, -0.25) is 4.79 Å². The van der Waals surface area contributed by atoms with E-state index in [-0.39, 0.29) is 17.2 Å². The van der Waals surface area contributed by atoms with Gasteiger partial charge in [-0.2, -0.15) is 0 Å². The van der Waals surface area contributed by atoms with Crippen LogP contribution in [0.1, 0.15) is 36.1 Å². The molecule has 0 saturated carbocycles. The molecular weight excluding hydrogens is 418 g/mol. The smallest absolute Gasteiger partial charge is 0.381 e. The summed E-state index contributed by atoms with van der Waals surface area (Å²) in [5, 5.41) is 0.915. The third-order valence-corrected chi connectivity index (χ3v) is 6.38. The Morgan fingerprint density at radius 2 is 1.70 bits per heavy atom. The lowest BCUT2D eigenvalue weighted by Gasteiger charge is -2.26. The highest BCUT2D eigenvalue weighted by Gasteiger charge is 2.47. The number of para-hydroxylation sites is 1. The number of ether oxygens (including phenoxy) is 2. The zero-order chi connectivity index (χ0) is 23.3. The van der Waals surface area contributed by atoms with Gasteiger partial charge in [0.1, 0.15) is 23.1 Å². The molecule has 2 aromatic heterocycles. The van der Waals surface area contributed by atoms with Gasteiger partial charge in [-0.15, -0.1) is 0 Å². The minimum absolute atomic E-state index is 0.266. The summed E-state index contributed by atoms with van der Waals surface area (Å²) in [5.41, 5.74) is 3.88. The standard InChI is InChI=1S/C27H25NO5/c1-27(2)15-28-22(24(29)26(30)32-4)21(19-14-17-12-8-9-13-18(17)33-19)20(23(28)25(27)31-3)16-10-6-5-7-11-16/h5-14,25H,15H2,1-4H3. The maximum atomic E-state index is 13.4. The van der Waals surface area contributed by atoms with Crippen molar-refractivity contribution in [2.75, 3.05) is 14.2 Å². The third-order valence-electron chi connectivity index (χ3n) is 6.38. The van der Waals surface area contributed by atoms with Crippen LogP contribution in [0.5, 0.6) is 0 Å². The minimum Gasteiger partial charge on any atom is -0.463 e. The number of furan rings is 1. The van der Waals surface area contributed by atoms with Crippen LogP contribution in [-0.4, -0.2) is 30.5 Å². The van der Waals surface area contributed by atoms with E-state index in [1.54, 1.807) is 7.11 Å². The van der Waals surface area contributed by atoms with Crippen molar-refractivity contribution in [2.45, 2.75) is 26.5 Å². The number of Topliss-reactive ketones (excluding diaryl/α,β-unsaturated/α-hetero) is 1. The third kappa shape index (κ3) is 3.21. The lowest BCUT2D eigenvalue weighted by atomic mass is 9.84. The van der Waals surface area contributed by atoms with Crippen LogP contribution < -0.4 is 0 Å². The topological polar surface area (TPSA) is 70.7 Å². The summed E-state index contributed by atoms with van der Waals surface area (Å²) in [6.45, 7) is 4.70. The predicted octanol–water partition coefficient (Wildman–Crippen LogP) is 5.65. The summed E-state index contributed by atoms with van der Waals surface area (Å²) in [6.07, 6.45) is -0.282. The van der Waals surface area contributed by atoms with Gasteiger partial charge in [-0.05, 0) is 17.7 Å². The zero-order valence-corrected chi connectivity index (χ0v) is 19.0. The van der Waals surface area contributed by atoms with E-state index in [0.717, 1.165) is 22.2 Å². The zero-order valence-electron chi connectivity index (χ0n) is 19.0. The first kappa shape index (κ1) is 21.2. The molecule has 0 N–H and O–H groups in total. The van der Waals surface area contributed by atoms with Crippen molar-refractivity contribution in [1.29, 1.82) is 0 Å². The van der Waals surface area contributed by atoms with Crippen LogP contribution in [0.4, 0.5) is 0 Å². The van der Waals surface area contributed by atoms with Gasteiger partial charge >= 0.3 is 5.97 Å². The monoisotopic (exact) mass is 443 g/mol. The molecule has 4 aromatic rings. The van der Waals surface area contributed by atoms with Crippen molar-refractivity contribution >= 4 is 22.7 Å². The van der Waals surface area contributed by atoms with Crippen LogP contribution in [-0.2, 0) is 20.8 Å². The van der Waals surface area contributed by atoms with Gasteiger partial charge in [0.15, 0.2) is 0 Å². The largest absolute Gasteiger partial charge is 0.463 e. The van der Waals surface area contributed by atoms with E-state index < -0.39 is 11.8 Å². The molecule has 0 aliphatic carbocycles. The molecule has 0 spiro atoms. The number of rotatable bonds is 5. The maximum Gasteiger partial charge on any atom is 0.381 e. The summed E-state index contributed by atoms with van der Waals surface area (Å²) in [5.74, 6) is -1.09. The van der Waals surface area contributed by atoms with Crippen LogP contribution in [0, 0.1) is 5.41 Å². The Balaban J connectivity index is 1.91. The van der Waals surface area contributed by atoms with Crippen molar-refractivity contribution in [3.05, 3.63) is 72.1 Å². The number of benzene rings is 2. The molecule has 0 fully saturated rings. The van der Waals surface area contributed by atoms with Crippen LogP contribution in [0.3, 0.4) is 0 Å². The summed E-state index contributed by atoms with van der Waals surface area (Å²) in [6, 6.07) is 19.4. The number of hydrogen-bond donors (Lipinski definition) is 0. The lowest BCUT2D eigenvalue weighted by Crippen LogP contribution is -2.23. The van der Waals surface area contributed by atoms with Crippen molar-refractivity contribution in [3.8, 4) is 22.5 Å². The Morgan fingerprint density at radius 3 is 2.36 bits per heavy atom. The molecule has 1 aliphatic rings. The number of hydrogen-bond acceptors (Lipinski definition) is 5. The molecule has 2 aromatic carbocycles. The molecule has 0 saturated heterocycles. The number of methoxy groups -OCH3 is 2. The summed E-state index contributed by atoms with van der Waals surface area (Å²) < 4.78 is 18.9. The molecule has 1 unspecified atom stereocenters. The Hall–Kier alpha value is -3.64. The average Bonchev–Trinajstić information content (AvgIpc) is 3.45. The number of fused-ring (bicyclic) bond motifs is 2. The first-order valence-electron chi connectivity index (χ1n) is 10.8. The van der Waals surface area contributed by atoms with Gasteiger partial charge < -0.3 is 18.5 Å². The lowest BCUT2D eigenvalue weighted by molar-refractivity contribution is -0.135. The van der Waals surface area contributed by atoms with Gasteiger partial charge in [0.05, 0.1) is 18.4 Å². The fourth-order valence-electron chi connectivity index (χ4n) is 5.03. The van der Waals surface area contributed by atoms with Gasteiger partial charge in [-0.1, -0.05) is 62.4 Å². The van der Waals surface area contributed by atoms with E-state index in [0.29, 0.717) is 23.5 Å². The molecule has 6 nitrogen and oxygen atoms in total. The first-order valence-corrected chi connectivity index (χ1v) is 10.8. The number of ketones is 1. The molecule has 168 valence electrons. The Kier molecular flexibility index (Phi) is 4.98. The molecule has 5 rings (SSSR count). The SMILES string of the molecule is COC(=O)C(=O)c1c(-c2cc3ccccc3o2)c(-c2ccccc2)c2n1CC(C)(C)C2OC. The van der Waals surface area contributed by atoms with E-state index in [1.165, 1.54) is 7.11 Å². The molecule has 1 atom stereocenters. The quantitative estimate of drug-likeness (QED) is 0.226. The fraction of sp³-hybridized carbons (Fsp3) is 0.259. The number of carbonyl (C=O) groups is 2. The second-order valence-corrected chi connectivity index (χ2v) is 9.01. The van der Waals surface area contributed by atoms with E-state index in [1.807, 2.05) is 65.2 Å².